The van der Waals surface area contributed by atoms with E-state index in [1.807, 2.05) is 0 Å². The maximum Gasteiger partial charge on any atom is 0.270 e. The van der Waals surface area contributed by atoms with E-state index in [-0.39, 0.29) is 16.3 Å². The van der Waals surface area contributed by atoms with Crippen LogP contribution < -0.4 is 5.73 Å². The number of non-ortho nitro benzene ring substituents is 1. The van der Waals surface area contributed by atoms with Gasteiger partial charge < -0.3 is 5.73 Å². The number of carbonyl (C=O) groups is 1. The number of hydrogen-bond acceptors (Lipinski definition) is 3. The Balaban J connectivity index is 3.43. The smallest absolute Gasteiger partial charge is 0.270 e. The van der Waals surface area contributed by atoms with Crippen molar-refractivity contribution in [2.45, 2.75) is 6.92 Å². The molecule has 0 saturated carbocycles. The van der Waals surface area contributed by atoms with Gasteiger partial charge in [-0.15, -0.1) is 0 Å². The number of primary amides is 1. The summed E-state index contributed by atoms with van der Waals surface area (Å²) in [4.78, 5) is 20.7. The number of nitrogens with two attached hydrogens (primary N) is 1. The number of nitro groups is 1. The van der Waals surface area contributed by atoms with Crippen LogP contribution in [0.5, 0.6) is 0 Å². The summed E-state index contributed by atoms with van der Waals surface area (Å²) in [5.41, 5.74) is 5.24. The number of nitro benzene ring substituents is 1. The molecule has 0 heterocycles. The maximum absolute atomic E-state index is 10.9. The van der Waals surface area contributed by atoms with E-state index < -0.39 is 10.8 Å². The van der Waals surface area contributed by atoms with Crippen molar-refractivity contribution in [2.24, 2.45) is 5.73 Å². The Labute approximate surface area is 84.6 Å². The fourth-order valence-electron chi connectivity index (χ4n) is 1.04. The lowest BCUT2D eigenvalue weighted by molar-refractivity contribution is -0.384. The highest BCUT2D eigenvalue weighted by atomic mass is 35.5. The molecule has 2 N–H and O–H groups in total. The van der Waals surface area contributed by atoms with Crippen molar-refractivity contribution in [1.29, 1.82) is 0 Å². The number of rotatable bonds is 2. The molecule has 5 nitrogen and oxygen atoms in total. The number of aryl methyl sites for hydroxylation is 1. The number of nitrogens with zero attached hydrogens (tertiary/aromatic N) is 1. The zero-order valence-electron chi connectivity index (χ0n) is 7.28. The lowest BCUT2D eigenvalue weighted by Gasteiger charge is -2.02. The minimum absolute atomic E-state index is 0.0293. The zero-order valence-corrected chi connectivity index (χ0v) is 8.04. The Morgan fingerprint density at radius 3 is 2.57 bits per heavy atom. The first-order valence-electron chi connectivity index (χ1n) is 3.68. The van der Waals surface area contributed by atoms with E-state index in [0.29, 0.717) is 5.56 Å². The second kappa shape index (κ2) is 3.63. The summed E-state index contributed by atoms with van der Waals surface area (Å²) in [7, 11) is 0. The molecule has 0 aromatic heterocycles. The van der Waals surface area contributed by atoms with Gasteiger partial charge in [-0.3, -0.25) is 14.9 Å². The topological polar surface area (TPSA) is 86.2 Å². The lowest BCUT2D eigenvalue weighted by Crippen LogP contribution is -2.12. The Kier molecular flexibility index (Phi) is 2.71. The SMILES string of the molecule is Cc1cc([N+](=O)[O-])cc(C(N)=O)c1Cl. The number of hydrogen-bond donors (Lipinski definition) is 1. The van der Waals surface area contributed by atoms with Gasteiger partial charge in [0.1, 0.15) is 0 Å². The van der Waals surface area contributed by atoms with Gasteiger partial charge in [0.2, 0.25) is 5.91 Å². The molecule has 1 aromatic carbocycles. The van der Waals surface area contributed by atoms with Crippen molar-refractivity contribution in [3.63, 3.8) is 0 Å². The Hall–Kier alpha value is -1.62. The van der Waals surface area contributed by atoms with Gasteiger partial charge in [-0.25, -0.2) is 0 Å². The van der Waals surface area contributed by atoms with Gasteiger partial charge in [0, 0.05) is 12.1 Å². The van der Waals surface area contributed by atoms with Crippen LogP contribution in [-0.4, -0.2) is 10.8 Å². The summed E-state index contributed by atoms with van der Waals surface area (Å²) in [5.74, 6) is -0.776. The fourth-order valence-corrected chi connectivity index (χ4v) is 1.24. The second-order valence-electron chi connectivity index (χ2n) is 2.75. The Morgan fingerprint density at radius 2 is 2.14 bits per heavy atom. The predicted octanol–water partition coefficient (Wildman–Crippen LogP) is 1.66. The van der Waals surface area contributed by atoms with E-state index in [4.69, 9.17) is 17.3 Å². The highest BCUT2D eigenvalue weighted by molar-refractivity contribution is 6.34. The summed E-state index contributed by atoms with van der Waals surface area (Å²) in [6.07, 6.45) is 0. The molecule has 0 radical (unpaired) electrons. The molecule has 1 rings (SSSR count). The molecule has 74 valence electrons. The van der Waals surface area contributed by atoms with Gasteiger partial charge in [0.15, 0.2) is 0 Å². The molecular formula is C8H7ClN2O3. The van der Waals surface area contributed by atoms with Crippen molar-refractivity contribution in [3.05, 3.63) is 38.4 Å². The first-order valence-corrected chi connectivity index (χ1v) is 4.05. The van der Waals surface area contributed by atoms with Crippen molar-refractivity contribution in [2.75, 3.05) is 0 Å². The summed E-state index contributed by atoms with van der Waals surface area (Å²) in [6.45, 7) is 1.57. The molecule has 1 amide bonds. The van der Waals surface area contributed by atoms with Crippen LogP contribution in [0.4, 0.5) is 5.69 Å². The summed E-state index contributed by atoms with van der Waals surface area (Å²) in [6, 6.07) is 2.35. The molecule has 0 atom stereocenters. The molecule has 0 spiro atoms. The molecule has 0 unspecified atom stereocenters. The van der Waals surface area contributed by atoms with Crippen LogP contribution in [0.3, 0.4) is 0 Å². The van der Waals surface area contributed by atoms with Crippen LogP contribution in [0.25, 0.3) is 0 Å². The van der Waals surface area contributed by atoms with E-state index in [1.165, 1.54) is 6.07 Å². The maximum atomic E-state index is 10.9. The van der Waals surface area contributed by atoms with Crippen molar-refractivity contribution >= 4 is 23.2 Å². The van der Waals surface area contributed by atoms with Crippen molar-refractivity contribution in [3.8, 4) is 0 Å². The van der Waals surface area contributed by atoms with Crippen LogP contribution in [-0.2, 0) is 0 Å². The normalized spacial score (nSPS) is 9.86. The average molecular weight is 215 g/mol. The average Bonchev–Trinajstić information content (AvgIpc) is 2.08. The molecular weight excluding hydrogens is 208 g/mol. The number of halogens is 1. The van der Waals surface area contributed by atoms with Gasteiger partial charge in [-0.05, 0) is 12.5 Å². The molecule has 6 heteroatoms. The van der Waals surface area contributed by atoms with Crippen LogP contribution in [0.2, 0.25) is 5.02 Å². The third-order valence-corrected chi connectivity index (χ3v) is 2.22. The van der Waals surface area contributed by atoms with Gasteiger partial charge in [0.25, 0.3) is 5.69 Å². The van der Waals surface area contributed by atoms with Crippen LogP contribution in [0.15, 0.2) is 12.1 Å². The number of carbonyl (C=O) groups excluding carboxylic acids is 1. The predicted molar refractivity (Wildman–Crippen MR) is 51.4 cm³/mol. The third-order valence-electron chi connectivity index (χ3n) is 1.72. The van der Waals surface area contributed by atoms with Crippen molar-refractivity contribution in [1.82, 2.24) is 0 Å². The minimum Gasteiger partial charge on any atom is -0.366 e. The zero-order chi connectivity index (χ0) is 10.9. The molecule has 0 aliphatic heterocycles. The highest BCUT2D eigenvalue weighted by Gasteiger charge is 2.16. The molecule has 0 aliphatic carbocycles. The van der Waals surface area contributed by atoms with Gasteiger partial charge in [-0.2, -0.15) is 0 Å². The largest absolute Gasteiger partial charge is 0.366 e. The first kappa shape index (κ1) is 10.5. The van der Waals surface area contributed by atoms with E-state index in [0.717, 1.165) is 6.07 Å². The second-order valence-corrected chi connectivity index (χ2v) is 3.12. The Morgan fingerprint density at radius 1 is 1.57 bits per heavy atom. The van der Waals surface area contributed by atoms with Gasteiger partial charge in [-0.1, -0.05) is 11.6 Å². The van der Waals surface area contributed by atoms with E-state index in [9.17, 15) is 14.9 Å². The summed E-state index contributed by atoms with van der Waals surface area (Å²) in [5, 5.41) is 10.6. The van der Waals surface area contributed by atoms with Gasteiger partial charge >= 0.3 is 0 Å². The highest BCUT2D eigenvalue weighted by Crippen LogP contribution is 2.25. The summed E-state index contributed by atoms with van der Waals surface area (Å²) < 4.78 is 0. The van der Waals surface area contributed by atoms with E-state index in [1.54, 1.807) is 6.92 Å². The molecule has 1 aromatic rings. The van der Waals surface area contributed by atoms with E-state index in [2.05, 4.69) is 0 Å². The third kappa shape index (κ3) is 1.82. The van der Waals surface area contributed by atoms with E-state index >= 15 is 0 Å². The molecule has 0 bridgehead atoms. The number of benzene rings is 1. The minimum atomic E-state index is -0.776. The monoisotopic (exact) mass is 214 g/mol. The fraction of sp³-hybridized carbons (Fsp3) is 0.125. The quantitative estimate of drug-likeness (QED) is 0.600. The standard InChI is InChI=1S/C8H7ClN2O3/c1-4-2-5(11(13)14)3-6(7(4)9)8(10)12/h2-3H,1H3,(H2,10,12). The Bertz CT molecular complexity index is 417. The summed E-state index contributed by atoms with van der Waals surface area (Å²) >= 11 is 5.74. The van der Waals surface area contributed by atoms with Crippen LogP contribution in [0, 0.1) is 17.0 Å². The molecule has 0 saturated heterocycles. The molecule has 14 heavy (non-hydrogen) atoms. The number of amides is 1. The van der Waals surface area contributed by atoms with Gasteiger partial charge in [0.05, 0.1) is 15.5 Å². The molecule has 0 aliphatic rings. The molecule has 0 fully saturated rings. The van der Waals surface area contributed by atoms with Crippen molar-refractivity contribution < 1.29 is 9.72 Å². The lowest BCUT2D eigenvalue weighted by atomic mass is 10.1. The first-order chi connectivity index (χ1) is 6.43. The van der Waals surface area contributed by atoms with Crippen LogP contribution >= 0.6 is 11.6 Å². The van der Waals surface area contributed by atoms with Crippen LogP contribution in [0.1, 0.15) is 15.9 Å².